The number of hydrogen-bond donors (Lipinski definition) is 17. The topological polar surface area (TPSA) is 622 Å². The van der Waals surface area contributed by atoms with Crippen LogP contribution in [0.5, 0.6) is 0 Å². The van der Waals surface area contributed by atoms with Gasteiger partial charge < -0.3 is 182 Å². The summed E-state index contributed by atoms with van der Waals surface area (Å²) in [5, 5.41) is 186. The Balaban J connectivity index is 0.737. The smallest absolute Gasteiger partial charge is 0.335 e. The van der Waals surface area contributed by atoms with Gasteiger partial charge in [-0.15, -0.1) is 0 Å². The summed E-state index contributed by atoms with van der Waals surface area (Å²) < 4.78 is 114. The number of carboxylic acids is 1. The van der Waals surface area contributed by atoms with Crippen molar-refractivity contribution in [3.8, 4) is 0 Å². The van der Waals surface area contributed by atoms with Gasteiger partial charge in [0, 0.05) is 20.8 Å². The van der Waals surface area contributed by atoms with E-state index in [9.17, 15) is 111 Å². The molecule has 45 atom stereocenters. The standard InChI is InChI=1S/C80H122O42/c1-29-56(116-68-51(96)47(92)40(27-107-68)114-69-54(99)58(38(88)26-106-69)117-66-49(94)44(89)36(86)24-104-66)60(111-32(4)84)55(100)71(108-29)121-64-62(112-33(5)85)57(110-31(3)83)30(2)109-72(64)122-74(103)80-20-18-75(6,7)22-35(80)34-12-13-42-76(8)16-15-43(77(9,28-82)41(76)14-17-79(42,11)78(34,10)19-21-80)115-73-63(120-70-52(97)48(93)46(91)39(23-81)113-70)59(53(98)61(119-73)65(101)102)118-67-50(95)45(90)37(87)25-105-67/h12,28-30,35-64,66-73,81,86-100H,13-27H2,1-11H3,(H,101,102). The molecule has 694 valence electrons. The second-order valence-corrected chi connectivity index (χ2v) is 37.1. The lowest BCUT2D eigenvalue weighted by molar-refractivity contribution is -0.391. The molecule has 4 saturated carbocycles. The molecule has 0 aromatic carbocycles. The predicted molar refractivity (Wildman–Crippen MR) is 396 cm³/mol. The fourth-order valence-corrected chi connectivity index (χ4v) is 22.0. The lowest BCUT2D eigenvalue weighted by Gasteiger charge is -2.71. The van der Waals surface area contributed by atoms with Gasteiger partial charge in [-0.2, -0.15) is 0 Å². The van der Waals surface area contributed by atoms with Crippen molar-refractivity contribution >= 4 is 36.1 Å². The lowest BCUT2D eigenvalue weighted by Crippen LogP contribution is -2.69. The van der Waals surface area contributed by atoms with Gasteiger partial charge in [0.25, 0.3) is 0 Å². The van der Waals surface area contributed by atoms with Crippen molar-refractivity contribution < 1.29 is 206 Å². The summed E-state index contributed by atoms with van der Waals surface area (Å²) in [6.45, 7) is 15.6. The van der Waals surface area contributed by atoms with E-state index in [1.807, 2.05) is 0 Å². The predicted octanol–water partition coefficient (Wildman–Crippen LogP) is -5.14. The van der Waals surface area contributed by atoms with Gasteiger partial charge in [-0.1, -0.05) is 53.2 Å². The molecular formula is C80H122O42. The molecule has 0 aromatic rings. The van der Waals surface area contributed by atoms with E-state index in [1.54, 1.807) is 6.92 Å². The number of hydrogen-bond acceptors (Lipinski definition) is 41. The largest absolute Gasteiger partial charge is 0.479 e. The first-order valence-corrected chi connectivity index (χ1v) is 41.9. The molecule has 8 aliphatic heterocycles. The Hall–Kier alpha value is -4.48. The summed E-state index contributed by atoms with van der Waals surface area (Å²) in [6, 6.07) is 0. The molecule has 122 heavy (non-hydrogen) atoms. The van der Waals surface area contributed by atoms with Crippen LogP contribution in [-0.2, 0) is 119 Å². The maximum Gasteiger partial charge on any atom is 0.335 e. The van der Waals surface area contributed by atoms with Crippen molar-refractivity contribution in [2.45, 2.75) is 368 Å². The summed E-state index contributed by atoms with van der Waals surface area (Å²) in [5.41, 5.74) is -3.91. The van der Waals surface area contributed by atoms with Crippen molar-refractivity contribution in [3.63, 3.8) is 0 Å². The summed E-state index contributed by atoms with van der Waals surface area (Å²) in [5.74, 6) is -6.32. The molecule has 0 radical (unpaired) electrons. The van der Waals surface area contributed by atoms with Crippen LogP contribution in [0, 0.1) is 50.2 Å². The first-order valence-electron chi connectivity index (χ1n) is 41.9. The molecule has 17 N–H and O–H groups in total. The van der Waals surface area contributed by atoms with Crippen LogP contribution in [0.1, 0.15) is 140 Å². The third kappa shape index (κ3) is 17.6. The summed E-state index contributed by atoms with van der Waals surface area (Å²) in [7, 11) is 0. The second-order valence-electron chi connectivity index (χ2n) is 37.1. The van der Waals surface area contributed by atoms with Crippen LogP contribution < -0.4 is 0 Å². The zero-order valence-electron chi connectivity index (χ0n) is 69.7. The maximum atomic E-state index is 16.2. The minimum absolute atomic E-state index is 0.111. The van der Waals surface area contributed by atoms with Crippen molar-refractivity contribution in [2.75, 3.05) is 33.0 Å². The van der Waals surface area contributed by atoms with Gasteiger partial charge >= 0.3 is 29.8 Å². The van der Waals surface area contributed by atoms with Crippen LogP contribution in [-0.4, -0.2) is 383 Å². The van der Waals surface area contributed by atoms with Crippen molar-refractivity contribution in [1.82, 2.24) is 0 Å². The van der Waals surface area contributed by atoms with E-state index < -0.39 is 329 Å². The minimum Gasteiger partial charge on any atom is -0.479 e. The minimum atomic E-state index is -2.23. The number of allylic oxidation sites excluding steroid dienone is 2. The SMILES string of the molecule is CC(=O)OC1C(C)OC(OC(=O)C23CCC(C)(C)CC2C2=CCC4C5(C)CCC(OC6OC(C(=O)O)C(O)C(OC7OCC(O)C(O)C7O)C6OC6OC(CO)C(O)C(O)C6O)C(C)(C=O)C5CCC4(C)C2(C)CC3)C(OC2OC(C)C(OC3OCC(OC4OCC(O)C(OC5OCC(O)C(O)C5O)C4O)C(O)C3O)C(OC(C)=O)C2O)C1OC(C)=O. The first-order chi connectivity index (χ1) is 57.3. The highest BCUT2D eigenvalue weighted by Gasteiger charge is 2.72. The second kappa shape index (κ2) is 36.8. The average molecular weight is 1760 g/mol. The Morgan fingerprint density at radius 3 is 1.54 bits per heavy atom. The Morgan fingerprint density at radius 2 is 0.943 bits per heavy atom. The van der Waals surface area contributed by atoms with Gasteiger partial charge in [0.15, 0.2) is 74.6 Å². The van der Waals surface area contributed by atoms with Gasteiger partial charge in [0.1, 0.15) is 134 Å². The molecule has 13 rings (SSSR count). The number of aldehydes is 1. The molecule has 8 saturated heterocycles. The third-order valence-corrected chi connectivity index (χ3v) is 29.0. The number of fused-ring (bicyclic) bond motifs is 7. The van der Waals surface area contributed by atoms with Crippen LogP contribution >= 0.6 is 0 Å². The van der Waals surface area contributed by atoms with E-state index in [0.29, 0.717) is 51.4 Å². The Labute approximate surface area is 701 Å². The van der Waals surface area contributed by atoms with Crippen molar-refractivity contribution in [2.24, 2.45) is 50.2 Å². The molecule has 42 heteroatoms. The van der Waals surface area contributed by atoms with E-state index >= 15 is 4.79 Å². The Kier molecular flexibility index (Phi) is 28.7. The highest BCUT2D eigenvalue weighted by atomic mass is 16.8. The molecule has 45 unspecified atom stereocenters. The fourth-order valence-electron chi connectivity index (χ4n) is 22.0. The number of aliphatic hydroxyl groups excluding tert-OH is 16. The van der Waals surface area contributed by atoms with Crippen LogP contribution in [0.4, 0.5) is 0 Å². The van der Waals surface area contributed by atoms with E-state index in [4.69, 9.17) is 90.0 Å². The molecule has 0 spiro atoms. The molecule has 0 amide bonds. The number of carbonyl (C=O) groups excluding carboxylic acids is 5. The maximum absolute atomic E-state index is 16.2. The number of carbonyl (C=O) groups is 6. The summed E-state index contributed by atoms with van der Waals surface area (Å²) >= 11 is 0. The Bertz CT molecular complexity index is 3710. The molecule has 0 bridgehead atoms. The van der Waals surface area contributed by atoms with Gasteiger partial charge in [0.2, 0.25) is 6.29 Å². The molecule has 13 aliphatic rings. The van der Waals surface area contributed by atoms with E-state index in [1.165, 1.54) is 13.8 Å². The van der Waals surface area contributed by atoms with Crippen LogP contribution in [0.3, 0.4) is 0 Å². The van der Waals surface area contributed by atoms with Crippen LogP contribution in [0.2, 0.25) is 0 Å². The number of esters is 4. The van der Waals surface area contributed by atoms with Crippen molar-refractivity contribution in [1.29, 1.82) is 0 Å². The van der Waals surface area contributed by atoms with Gasteiger partial charge in [-0.25, -0.2) is 4.79 Å². The number of carboxylic acid groups (broad SMARTS) is 1. The number of aliphatic hydroxyl groups is 16. The van der Waals surface area contributed by atoms with Crippen molar-refractivity contribution in [3.05, 3.63) is 11.6 Å². The Morgan fingerprint density at radius 1 is 0.443 bits per heavy atom. The molecular weight excluding hydrogens is 1630 g/mol. The first kappa shape index (κ1) is 95.1. The number of ether oxygens (including phenoxy) is 19. The molecule has 42 nitrogen and oxygen atoms in total. The average Bonchev–Trinajstić information content (AvgIpc) is 0.672. The van der Waals surface area contributed by atoms with Crippen LogP contribution in [0.15, 0.2) is 11.6 Å². The number of aliphatic carboxylic acids is 1. The lowest BCUT2D eigenvalue weighted by atomic mass is 9.33. The van der Waals surface area contributed by atoms with Gasteiger partial charge in [-0.3, -0.25) is 19.2 Å². The zero-order chi connectivity index (χ0) is 89.0. The molecule has 8 heterocycles. The van der Waals surface area contributed by atoms with Crippen LogP contribution in [0.25, 0.3) is 0 Å². The van der Waals surface area contributed by atoms with Gasteiger partial charge in [-0.05, 0) is 117 Å². The third-order valence-electron chi connectivity index (χ3n) is 29.0. The highest BCUT2D eigenvalue weighted by molar-refractivity contribution is 5.79. The van der Waals surface area contributed by atoms with E-state index in [2.05, 4.69) is 40.7 Å². The van der Waals surface area contributed by atoms with E-state index in [-0.39, 0.29) is 24.2 Å². The normalized spacial score (nSPS) is 51.5. The summed E-state index contributed by atoms with van der Waals surface area (Å²) in [6.07, 6.45) is -58.7. The molecule has 12 fully saturated rings. The molecule has 5 aliphatic carbocycles. The highest BCUT2D eigenvalue weighted by Crippen LogP contribution is 2.76. The monoisotopic (exact) mass is 1750 g/mol. The fraction of sp³-hybridized carbons (Fsp3) is 0.900. The molecule has 0 aromatic heterocycles. The van der Waals surface area contributed by atoms with E-state index in [0.717, 1.165) is 32.6 Å². The summed E-state index contributed by atoms with van der Waals surface area (Å²) in [4.78, 5) is 83.0. The van der Waals surface area contributed by atoms with Gasteiger partial charge in [0.05, 0.1) is 62.2 Å². The zero-order valence-corrected chi connectivity index (χ0v) is 69.7. The number of rotatable bonds is 22. The quantitative estimate of drug-likeness (QED) is 0.0158.